The molecule has 124 valence electrons. The maximum atomic E-state index is 12.8. The van der Waals surface area contributed by atoms with Crippen molar-refractivity contribution < 1.29 is 4.39 Å². The van der Waals surface area contributed by atoms with E-state index in [1.54, 1.807) is 23.9 Å². The van der Waals surface area contributed by atoms with Gasteiger partial charge in [0.15, 0.2) is 5.96 Å². The summed E-state index contributed by atoms with van der Waals surface area (Å²) in [6.45, 7) is 4.74. The van der Waals surface area contributed by atoms with Gasteiger partial charge in [-0.3, -0.25) is 4.99 Å². The first-order valence-electron chi connectivity index (χ1n) is 7.07. The van der Waals surface area contributed by atoms with E-state index < -0.39 is 0 Å². The highest BCUT2D eigenvalue weighted by Crippen LogP contribution is 2.17. The Labute approximate surface area is 158 Å². The molecule has 23 heavy (non-hydrogen) atoms. The fourth-order valence-electron chi connectivity index (χ4n) is 1.87. The van der Waals surface area contributed by atoms with Crippen LogP contribution in [-0.4, -0.2) is 18.3 Å². The van der Waals surface area contributed by atoms with E-state index in [4.69, 9.17) is 5.73 Å². The average Bonchev–Trinajstić information content (AvgIpc) is 2.49. The number of nitrogens with two attached hydrogens (primary N) is 1. The number of aryl methyl sites for hydroxylation is 2. The highest BCUT2D eigenvalue weighted by molar-refractivity contribution is 14.0. The molecule has 0 amide bonds. The lowest BCUT2D eigenvalue weighted by Crippen LogP contribution is -2.23. The SMILES string of the molecule is Cc1ccc(NC(N)=NCCSc2ccc(F)cc2)cc1C.I. The van der Waals surface area contributed by atoms with Gasteiger partial charge >= 0.3 is 0 Å². The fraction of sp³-hybridized carbons (Fsp3) is 0.235. The molecule has 2 rings (SSSR count). The summed E-state index contributed by atoms with van der Waals surface area (Å²) >= 11 is 1.62. The molecule has 0 saturated heterocycles. The number of halogens is 2. The van der Waals surface area contributed by atoms with E-state index in [2.05, 4.69) is 30.2 Å². The first-order chi connectivity index (χ1) is 10.5. The number of nitrogens with one attached hydrogen (secondary N) is 1. The maximum Gasteiger partial charge on any atom is 0.193 e. The van der Waals surface area contributed by atoms with E-state index in [-0.39, 0.29) is 29.8 Å². The van der Waals surface area contributed by atoms with Crippen LogP contribution in [-0.2, 0) is 0 Å². The smallest absolute Gasteiger partial charge is 0.193 e. The number of thioether (sulfide) groups is 1. The molecule has 0 spiro atoms. The van der Waals surface area contributed by atoms with Gasteiger partial charge in [-0.1, -0.05) is 6.07 Å². The summed E-state index contributed by atoms with van der Waals surface area (Å²) in [6, 6.07) is 12.5. The van der Waals surface area contributed by atoms with Crippen molar-refractivity contribution in [2.45, 2.75) is 18.7 Å². The van der Waals surface area contributed by atoms with Gasteiger partial charge in [-0.15, -0.1) is 35.7 Å². The van der Waals surface area contributed by atoms with Gasteiger partial charge in [0.2, 0.25) is 0 Å². The molecule has 0 aliphatic carbocycles. The highest BCUT2D eigenvalue weighted by Gasteiger charge is 1.98. The van der Waals surface area contributed by atoms with Crippen LogP contribution in [0.3, 0.4) is 0 Å². The molecule has 0 bridgehead atoms. The molecule has 0 saturated carbocycles. The molecule has 6 heteroatoms. The normalized spacial score (nSPS) is 11.0. The van der Waals surface area contributed by atoms with Crippen molar-refractivity contribution in [1.29, 1.82) is 0 Å². The molecule has 0 heterocycles. The number of guanidine groups is 1. The Bertz CT molecular complexity index is 659. The minimum absolute atomic E-state index is 0. The number of hydrogen-bond acceptors (Lipinski definition) is 2. The first kappa shape index (κ1) is 19.8. The Balaban J connectivity index is 0.00000264. The lowest BCUT2D eigenvalue weighted by Gasteiger charge is -2.08. The highest BCUT2D eigenvalue weighted by atomic mass is 127. The second kappa shape index (κ2) is 9.77. The summed E-state index contributed by atoms with van der Waals surface area (Å²) in [5, 5.41) is 3.08. The predicted molar refractivity (Wildman–Crippen MR) is 109 cm³/mol. The van der Waals surface area contributed by atoms with Gasteiger partial charge in [0, 0.05) is 16.3 Å². The Morgan fingerprint density at radius 2 is 1.83 bits per heavy atom. The van der Waals surface area contributed by atoms with Crippen LogP contribution in [0, 0.1) is 19.7 Å². The average molecular weight is 445 g/mol. The fourth-order valence-corrected chi connectivity index (χ4v) is 2.61. The largest absolute Gasteiger partial charge is 0.370 e. The third-order valence-corrected chi connectivity index (χ3v) is 4.23. The van der Waals surface area contributed by atoms with Gasteiger partial charge in [0.1, 0.15) is 5.82 Å². The van der Waals surface area contributed by atoms with Crippen LogP contribution in [0.4, 0.5) is 10.1 Å². The van der Waals surface area contributed by atoms with Crippen molar-refractivity contribution in [3.8, 4) is 0 Å². The van der Waals surface area contributed by atoms with E-state index in [1.807, 2.05) is 12.1 Å². The standard InChI is InChI=1S/C17H20FN3S.HI/c1-12-3-6-15(11-13(12)2)21-17(19)20-9-10-22-16-7-4-14(18)5-8-16;/h3-8,11H,9-10H2,1-2H3,(H3,19,20,21);1H. The van der Waals surface area contributed by atoms with Gasteiger partial charge in [0.25, 0.3) is 0 Å². The van der Waals surface area contributed by atoms with Gasteiger partial charge in [-0.05, 0) is 61.4 Å². The van der Waals surface area contributed by atoms with Crippen LogP contribution < -0.4 is 11.1 Å². The third kappa shape index (κ3) is 6.78. The van der Waals surface area contributed by atoms with Crippen LogP contribution in [0.1, 0.15) is 11.1 Å². The molecule has 2 aromatic rings. The number of aliphatic imine (C=N–C) groups is 1. The minimum atomic E-state index is -0.218. The molecule has 0 unspecified atom stereocenters. The molecular weight excluding hydrogens is 424 g/mol. The zero-order valence-electron chi connectivity index (χ0n) is 13.2. The number of benzene rings is 2. The second-order valence-corrected chi connectivity index (χ2v) is 6.16. The predicted octanol–water partition coefficient (Wildman–Crippen LogP) is 4.58. The van der Waals surface area contributed by atoms with Crippen LogP contribution in [0.15, 0.2) is 52.4 Å². The summed E-state index contributed by atoms with van der Waals surface area (Å²) in [6.07, 6.45) is 0. The Morgan fingerprint density at radius 1 is 1.13 bits per heavy atom. The monoisotopic (exact) mass is 445 g/mol. The molecule has 0 radical (unpaired) electrons. The van der Waals surface area contributed by atoms with Crippen molar-refractivity contribution in [3.05, 3.63) is 59.4 Å². The lowest BCUT2D eigenvalue weighted by molar-refractivity contribution is 0.626. The summed E-state index contributed by atoms with van der Waals surface area (Å²) in [7, 11) is 0. The quantitative estimate of drug-likeness (QED) is 0.233. The topological polar surface area (TPSA) is 50.4 Å². The molecule has 0 aliphatic rings. The molecule has 0 aromatic heterocycles. The summed E-state index contributed by atoms with van der Waals surface area (Å²) in [4.78, 5) is 5.32. The summed E-state index contributed by atoms with van der Waals surface area (Å²) in [5.41, 5.74) is 9.27. The molecule has 3 nitrogen and oxygen atoms in total. The molecule has 0 aliphatic heterocycles. The zero-order valence-corrected chi connectivity index (χ0v) is 16.3. The minimum Gasteiger partial charge on any atom is -0.370 e. The lowest BCUT2D eigenvalue weighted by atomic mass is 10.1. The van der Waals surface area contributed by atoms with Gasteiger partial charge in [-0.25, -0.2) is 4.39 Å². The summed E-state index contributed by atoms with van der Waals surface area (Å²) in [5.74, 6) is 0.980. The Hall–Kier alpha value is -1.28. The molecular formula is C17H21FIN3S. The van der Waals surface area contributed by atoms with E-state index in [0.29, 0.717) is 12.5 Å². The summed E-state index contributed by atoms with van der Waals surface area (Å²) < 4.78 is 12.8. The van der Waals surface area contributed by atoms with Crippen molar-refractivity contribution >= 4 is 47.4 Å². The number of rotatable bonds is 5. The van der Waals surface area contributed by atoms with Gasteiger partial charge in [-0.2, -0.15) is 0 Å². The molecule has 3 N–H and O–H groups in total. The first-order valence-corrected chi connectivity index (χ1v) is 8.06. The van der Waals surface area contributed by atoms with Crippen molar-refractivity contribution in [2.24, 2.45) is 10.7 Å². The van der Waals surface area contributed by atoms with Crippen LogP contribution in [0.5, 0.6) is 0 Å². The van der Waals surface area contributed by atoms with E-state index >= 15 is 0 Å². The number of hydrogen-bond donors (Lipinski definition) is 2. The Morgan fingerprint density at radius 3 is 2.48 bits per heavy atom. The van der Waals surface area contributed by atoms with Crippen molar-refractivity contribution in [2.75, 3.05) is 17.6 Å². The third-order valence-electron chi connectivity index (χ3n) is 3.24. The van der Waals surface area contributed by atoms with Gasteiger partial charge < -0.3 is 11.1 Å². The van der Waals surface area contributed by atoms with Crippen LogP contribution >= 0.6 is 35.7 Å². The van der Waals surface area contributed by atoms with E-state index in [0.717, 1.165) is 16.3 Å². The maximum absolute atomic E-state index is 12.8. The van der Waals surface area contributed by atoms with E-state index in [1.165, 1.54) is 23.3 Å². The zero-order chi connectivity index (χ0) is 15.9. The molecule has 0 fully saturated rings. The number of anilines is 1. The second-order valence-electron chi connectivity index (χ2n) is 4.99. The molecule has 0 atom stereocenters. The Kier molecular flexibility index (Phi) is 8.40. The van der Waals surface area contributed by atoms with E-state index in [9.17, 15) is 4.39 Å². The van der Waals surface area contributed by atoms with Gasteiger partial charge in [0.05, 0.1) is 6.54 Å². The number of nitrogens with zero attached hydrogens (tertiary/aromatic N) is 1. The van der Waals surface area contributed by atoms with Crippen molar-refractivity contribution in [1.82, 2.24) is 0 Å². The van der Waals surface area contributed by atoms with Crippen molar-refractivity contribution in [3.63, 3.8) is 0 Å². The van der Waals surface area contributed by atoms with Crippen LogP contribution in [0.25, 0.3) is 0 Å². The van der Waals surface area contributed by atoms with Crippen LogP contribution in [0.2, 0.25) is 0 Å². The molecule has 2 aromatic carbocycles.